The molecule has 5 rings (SSSR count). The first-order valence-electron chi connectivity index (χ1n) is 13.4. The number of hydrogen-bond acceptors (Lipinski definition) is 8. The molecule has 1 atom stereocenters. The van der Waals surface area contributed by atoms with Gasteiger partial charge in [0.25, 0.3) is 5.91 Å². The number of rotatable bonds is 8. The van der Waals surface area contributed by atoms with Crippen LogP contribution in [0.2, 0.25) is 0 Å². The fourth-order valence-electron chi connectivity index (χ4n) is 5.47. The Kier molecular flexibility index (Phi) is 7.31. The first-order valence-corrected chi connectivity index (χ1v) is 13.4. The predicted molar refractivity (Wildman–Crippen MR) is 153 cm³/mol. The Hall–Kier alpha value is -4.63. The molecule has 9 nitrogen and oxygen atoms in total. The average molecular weight is 557 g/mol. The molecular weight excluding hydrogens is 524 g/mol. The van der Waals surface area contributed by atoms with E-state index >= 15 is 0 Å². The highest BCUT2D eigenvalue weighted by molar-refractivity contribution is 6.31. The quantitative estimate of drug-likeness (QED) is 0.158. The number of amides is 1. The monoisotopic (exact) mass is 556 g/mol. The van der Waals surface area contributed by atoms with Gasteiger partial charge in [0.1, 0.15) is 28.2 Å². The maximum absolute atomic E-state index is 13.9. The summed E-state index contributed by atoms with van der Waals surface area (Å²) in [4.78, 5) is 46.0. The molecule has 1 amide bonds. The van der Waals surface area contributed by atoms with E-state index in [1.165, 1.54) is 19.3 Å². The molecule has 3 aromatic carbocycles. The summed E-state index contributed by atoms with van der Waals surface area (Å²) in [5.41, 5.74) is 3.33. The van der Waals surface area contributed by atoms with Gasteiger partial charge < -0.3 is 19.9 Å². The summed E-state index contributed by atoms with van der Waals surface area (Å²) in [5, 5.41) is 16.1. The van der Waals surface area contributed by atoms with E-state index in [2.05, 4.69) is 10.8 Å². The predicted octanol–water partition coefficient (Wildman–Crippen LogP) is 4.68. The summed E-state index contributed by atoms with van der Waals surface area (Å²) >= 11 is 0. The Morgan fingerprint density at radius 3 is 2.63 bits per heavy atom. The summed E-state index contributed by atoms with van der Waals surface area (Å²) in [6.07, 6.45) is 1.95. The van der Waals surface area contributed by atoms with Crippen LogP contribution in [-0.2, 0) is 26.4 Å². The minimum atomic E-state index is -1.55. The smallest absolute Gasteiger partial charge is 0.259 e. The Labute approximate surface area is 237 Å². The lowest BCUT2D eigenvalue weighted by atomic mass is 9.70. The third kappa shape index (κ3) is 4.52. The molecule has 212 valence electrons. The molecule has 0 spiro atoms. The molecule has 3 N–H and O–H groups in total. The van der Waals surface area contributed by atoms with Crippen molar-refractivity contribution in [2.24, 2.45) is 0 Å². The number of allylic oxidation sites excluding steroid dienone is 4. The van der Waals surface area contributed by atoms with E-state index in [4.69, 9.17) is 14.3 Å². The molecule has 0 bridgehead atoms. The van der Waals surface area contributed by atoms with Gasteiger partial charge in [0.2, 0.25) is 0 Å². The Morgan fingerprint density at radius 2 is 1.90 bits per heavy atom. The number of fused-ring (bicyclic) bond motifs is 4. The van der Waals surface area contributed by atoms with Crippen LogP contribution in [0.3, 0.4) is 0 Å². The van der Waals surface area contributed by atoms with Gasteiger partial charge in [0.05, 0.1) is 24.9 Å². The van der Waals surface area contributed by atoms with E-state index in [9.17, 15) is 19.5 Å². The van der Waals surface area contributed by atoms with Gasteiger partial charge in [-0.3, -0.25) is 24.7 Å². The molecule has 0 unspecified atom stereocenters. The Balaban J connectivity index is 1.56. The maximum Gasteiger partial charge on any atom is 0.259 e. The lowest BCUT2D eigenvalue weighted by molar-refractivity contribution is -0.123. The van der Waals surface area contributed by atoms with Crippen LogP contribution in [0, 0.1) is 6.92 Å². The number of Topliss-reactive ketones (excluding diaryl/α,β-unsaturated/α-hetero) is 1. The largest absolute Gasteiger partial charge is 0.507 e. The lowest BCUT2D eigenvalue weighted by Crippen LogP contribution is -2.41. The number of ketones is 2. The molecule has 1 aliphatic carbocycles. The normalized spacial score (nSPS) is 18.8. The summed E-state index contributed by atoms with van der Waals surface area (Å²) in [7, 11) is 1.37. The molecule has 41 heavy (non-hydrogen) atoms. The zero-order valence-corrected chi connectivity index (χ0v) is 23.6. The van der Waals surface area contributed by atoms with Gasteiger partial charge >= 0.3 is 0 Å². The number of phenols is 1. The van der Waals surface area contributed by atoms with Crippen LogP contribution in [0.1, 0.15) is 54.2 Å². The van der Waals surface area contributed by atoms with Crippen molar-refractivity contribution in [1.82, 2.24) is 10.8 Å². The molecule has 2 aliphatic rings. The van der Waals surface area contributed by atoms with Crippen molar-refractivity contribution in [1.29, 1.82) is 0 Å². The number of methoxy groups -OCH3 is 1. The molecule has 0 saturated carbocycles. The van der Waals surface area contributed by atoms with Gasteiger partial charge in [-0.05, 0) is 49.1 Å². The standard InChI is InChI=1S/C32H32N2O7/c1-6-13-40-34-18(3)26-22(35)15-25-32(4,30(26)37)28-23(36)14-24(39-5)27(29(28)41-25)31(38)33-16-21-17(2)11-12-19-9-7-8-10-20(19)21/h7-12,14-15,34,36H,6,13,16H2,1-5H3,(H,33,38)/b26-18+/t32-/m1/s1. The van der Waals surface area contributed by atoms with Crippen molar-refractivity contribution in [2.75, 3.05) is 13.7 Å². The molecular formula is C32H32N2O7. The molecule has 0 aromatic heterocycles. The lowest BCUT2D eigenvalue weighted by Gasteiger charge is -2.28. The SMILES string of the molecule is CCCON/C(C)=C1\C(=O)C=C2Oc3c(C(=O)NCc4c(C)ccc5ccccc45)c(OC)cc(O)c3[C@]2(C)C1=O. The summed E-state index contributed by atoms with van der Waals surface area (Å²) in [5.74, 6) is -1.90. The first kappa shape index (κ1) is 27.9. The van der Waals surface area contributed by atoms with Crippen molar-refractivity contribution in [3.63, 3.8) is 0 Å². The van der Waals surface area contributed by atoms with Crippen LogP contribution < -0.4 is 20.3 Å². The fourth-order valence-corrected chi connectivity index (χ4v) is 5.47. The van der Waals surface area contributed by atoms with Gasteiger partial charge in [-0.15, -0.1) is 0 Å². The van der Waals surface area contributed by atoms with E-state index in [1.54, 1.807) is 13.8 Å². The summed E-state index contributed by atoms with van der Waals surface area (Å²) in [6.45, 7) is 7.64. The molecule has 1 aliphatic heterocycles. The second-order valence-electron chi connectivity index (χ2n) is 10.3. The van der Waals surface area contributed by atoms with E-state index in [1.807, 2.05) is 50.2 Å². The molecule has 3 aromatic rings. The number of hydroxylamine groups is 1. The summed E-state index contributed by atoms with van der Waals surface area (Å²) < 4.78 is 11.5. The van der Waals surface area contributed by atoms with E-state index in [0.717, 1.165) is 28.3 Å². The van der Waals surface area contributed by atoms with Gasteiger partial charge in [0.15, 0.2) is 17.3 Å². The van der Waals surface area contributed by atoms with Gasteiger partial charge in [-0.25, -0.2) is 0 Å². The van der Waals surface area contributed by atoms with Gasteiger partial charge in [0, 0.05) is 24.4 Å². The van der Waals surface area contributed by atoms with Gasteiger partial charge in [-0.1, -0.05) is 43.3 Å². The highest BCUT2D eigenvalue weighted by Crippen LogP contribution is 2.56. The Morgan fingerprint density at radius 1 is 1.15 bits per heavy atom. The topological polar surface area (TPSA) is 123 Å². The number of ether oxygens (including phenoxy) is 2. The van der Waals surface area contributed by atoms with Crippen LogP contribution in [0.25, 0.3) is 10.8 Å². The molecule has 9 heteroatoms. The Bertz CT molecular complexity index is 1670. The third-order valence-electron chi connectivity index (χ3n) is 7.67. The highest BCUT2D eigenvalue weighted by atomic mass is 16.6. The van der Waals surface area contributed by atoms with E-state index < -0.39 is 22.9 Å². The van der Waals surface area contributed by atoms with E-state index in [0.29, 0.717) is 6.61 Å². The summed E-state index contributed by atoms with van der Waals surface area (Å²) in [6, 6.07) is 13.2. The molecule has 0 radical (unpaired) electrons. The molecule has 1 heterocycles. The fraction of sp³-hybridized carbons (Fsp3) is 0.281. The number of carbonyl (C=O) groups excluding carboxylic acids is 3. The molecule has 0 saturated heterocycles. The maximum atomic E-state index is 13.9. The minimum absolute atomic E-state index is 0.0154. The van der Waals surface area contributed by atoms with Crippen molar-refractivity contribution in [2.45, 2.75) is 46.1 Å². The number of benzene rings is 3. The zero-order chi connectivity index (χ0) is 29.5. The second-order valence-corrected chi connectivity index (χ2v) is 10.3. The van der Waals surface area contributed by atoms with Gasteiger partial charge in [-0.2, -0.15) is 0 Å². The average Bonchev–Trinajstić information content (AvgIpc) is 3.25. The van der Waals surface area contributed by atoms with Crippen LogP contribution in [0.5, 0.6) is 17.2 Å². The number of carbonyl (C=O) groups is 3. The number of hydrogen-bond donors (Lipinski definition) is 3. The first-order chi connectivity index (χ1) is 19.6. The van der Waals surface area contributed by atoms with Crippen molar-refractivity contribution < 1.29 is 33.8 Å². The number of aryl methyl sites for hydroxylation is 1. The number of nitrogens with one attached hydrogen (secondary N) is 2. The molecule has 0 fully saturated rings. The number of phenolic OH excluding ortho intramolecular Hbond substituents is 1. The highest BCUT2D eigenvalue weighted by Gasteiger charge is 2.56. The van der Waals surface area contributed by atoms with Crippen molar-refractivity contribution in [3.8, 4) is 17.2 Å². The van der Waals surface area contributed by atoms with Crippen LogP contribution in [0.4, 0.5) is 0 Å². The second kappa shape index (κ2) is 10.7. The minimum Gasteiger partial charge on any atom is -0.507 e. The van der Waals surface area contributed by atoms with Crippen molar-refractivity contribution >= 4 is 28.2 Å². The zero-order valence-electron chi connectivity index (χ0n) is 23.6. The third-order valence-corrected chi connectivity index (χ3v) is 7.67. The van der Waals surface area contributed by atoms with Crippen molar-refractivity contribution in [3.05, 3.63) is 87.8 Å². The van der Waals surface area contributed by atoms with Crippen LogP contribution in [0.15, 0.2) is 65.6 Å². The van der Waals surface area contributed by atoms with E-state index in [-0.39, 0.29) is 51.9 Å². The van der Waals surface area contributed by atoms with Crippen LogP contribution in [-0.4, -0.2) is 36.3 Å². The number of aromatic hydroxyl groups is 1. The van der Waals surface area contributed by atoms with Crippen LogP contribution >= 0.6 is 0 Å².